The lowest BCUT2D eigenvalue weighted by atomic mass is 10.4. The number of nitrogens with one attached hydrogen (secondary N) is 1. The first-order valence-corrected chi connectivity index (χ1v) is 2.19. The number of hydrogen-bond acceptors (Lipinski definition) is 3. The normalized spacial score (nSPS) is 11.0. The fraction of sp³-hybridized carbons (Fsp3) is 0.500. The third-order valence-corrected chi connectivity index (χ3v) is 0.636. The monoisotopic (exact) mass is 115 g/mol. The molecular weight excluding hydrogens is 106 g/mol. The highest BCUT2D eigenvalue weighted by atomic mass is 16.1. The van der Waals surface area contributed by atoms with Crippen LogP contribution in [0.2, 0.25) is 0 Å². The maximum Gasteiger partial charge on any atom is 0.264 e. The number of primary amides is 1. The van der Waals surface area contributed by atoms with Gasteiger partial charge in [-0.1, -0.05) is 0 Å². The molecule has 0 spiro atoms. The average Bonchev–Trinajstić information content (AvgIpc) is 1.67. The fourth-order valence-electron chi connectivity index (χ4n) is 0.223. The van der Waals surface area contributed by atoms with Crippen molar-refractivity contribution in [3.05, 3.63) is 0 Å². The van der Waals surface area contributed by atoms with Gasteiger partial charge in [-0.05, 0) is 6.92 Å². The van der Waals surface area contributed by atoms with Gasteiger partial charge < -0.3 is 11.2 Å². The number of carbonyl (C=O) groups excluding carboxylic acids is 1. The highest BCUT2D eigenvalue weighted by molar-refractivity contribution is 6.37. The Morgan fingerprint density at radius 2 is 2.25 bits per heavy atom. The molecule has 0 aliphatic carbocycles. The molecule has 0 saturated carbocycles. The minimum Gasteiger partial charge on any atom is -0.365 e. The van der Waals surface area contributed by atoms with Gasteiger partial charge >= 0.3 is 0 Å². The van der Waals surface area contributed by atoms with Crippen molar-refractivity contribution in [3.63, 3.8) is 0 Å². The van der Waals surface area contributed by atoms with E-state index in [1.54, 1.807) is 14.0 Å². The Morgan fingerprint density at radius 1 is 1.75 bits per heavy atom. The zero-order chi connectivity index (χ0) is 6.57. The number of rotatable bonds is 2. The molecule has 0 aromatic rings. The van der Waals surface area contributed by atoms with Crippen LogP contribution in [0, 0.1) is 0 Å². The predicted molar refractivity (Wildman–Crippen MR) is 31.4 cm³/mol. The molecule has 8 heavy (non-hydrogen) atoms. The van der Waals surface area contributed by atoms with E-state index in [2.05, 4.69) is 10.5 Å². The Hall–Kier alpha value is -1.06. The summed E-state index contributed by atoms with van der Waals surface area (Å²) in [7, 11) is 1.60. The second-order valence-electron chi connectivity index (χ2n) is 1.29. The van der Waals surface area contributed by atoms with Crippen molar-refractivity contribution in [3.8, 4) is 0 Å². The van der Waals surface area contributed by atoms with Crippen molar-refractivity contribution in [1.29, 1.82) is 0 Å². The van der Waals surface area contributed by atoms with Gasteiger partial charge in [0.05, 0.1) is 0 Å². The van der Waals surface area contributed by atoms with Gasteiger partial charge in [-0.15, -0.1) is 0 Å². The summed E-state index contributed by atoms with van der Waals surface area (Å²) in [4.78, 5) is 10.1. The third kappa shape index (κ3) is 2.17. The molecule has 0 heterocycles. The lowest BCUT2D eigenvalue weighted by Crippen LogP contribution is -2.22. The second kappa shape index (κ2) is 3.01. The SMILES string of the molecule is CN/N=C(/C)C(N)=O. The van der Waals surface area contributed by atoms with Crippen LogP contribution < -0.4 is 11.2 Å². The van der Waals surface area contributed by atoms with Crippen LogP contribution in [0.15, 0.2) is 5.10 Å². The minimum absolute atomic E-state index is 0.285. The predicted octanol–water partition coefficient (Wildman–Crippen LogP) is -0.933. The van der Waals surface area contributed by atoms with Gasteiger partial charge in [0, 0.05) is 7.05 Å². The number of nitrogens with two attached hydrogens (primary N) is 1. The molecule has 0 aromatic carbocycles. The summed E-state index contributed by atoms with van der Waals surface area (Å²) in [6, 6.07) is 0. The zero-order valence-electron chi connectivity index (χ0n) is 4.93. The maximum atomic E-state index is 10.1. The molecule has 0 saturated heterocycles. The zero-order valence-corrected chi connectivity index (χ0v) is 4.93. The topological polar surface area (TPSA) is 67.5 Å². The number of carbonyl (C=O) groups is 1. The van der Waals surface area contributed by atoms with Gasteiger partial charge in [-0.25, -0.2) is 0 Å². The Labute approximate surface area is 47.8 Å². The Kier molecular flexibility index (Phi) is 2.61. The van der Waals surface area contributed by atoms with E-state index in [9.17, 15) is 4.79 Å². The number of nitrogens with zero attached hydrogens (tertiary/aromatic N) is 1. The van der Waals surface area contributed by atoms with E-state index in [1.165, 1.54) is 0 Å². The standard InChI is InChI=1S/C4H9N3O/c1-3(4(5)8)7-6-2/h6H,1-2H3,(H2,5,8)/b7-3-. The summed E-state index contributed by atoms with van der Waals surface area (Å²) < 4.78 is 0. The smallest absolute Gasteiger partial charge is 0.264 e. The van der Waals surface area contributed by atoms with E-state index >= 15 is 0 Å². The van der Waals surface area contributed by atoms with Crippen LogP contribution in [-0.2, 0) is 4.79 Å². The minimum atomic E-state index is -0.501. The van der Waals surface area contributed by atoms with Gasteiger partial charge in [0.2, 0.25) is 0 Å². The van der Waals surface area contributed by atoms with Gasteiger partial charge in [0.1, 0.15) is 5.71 Å². The van der Waals surface area contributed by atoms with Crippen LogP contribution >= 0.6 is 0 Å². The molecule has 0 bridgehead atoms. The Balaban J connectivity index is 3.80. The third-order valence-electron chi connectivity index (χ3n) is 0.636. The van der Waals surface area contributed by atoms with E-state index < -0.39 is 5.91 Å². The first-order chi connectivity index (χ1) is 3.68. The van der Waals surface area contributed by atoms with E-state index in [1.807, 2.05) is 0 Å². The van der Waals surface area contributed by atoms with Gasteiger partial charge in [-0.2, -0.15) is 5.10 Å². The summed E-state index contributed by atoms with van der Waals surface area (Å²) in [6.45, 7) is 1.54. The Bertz CT molecular complexity index is 118. The van der Waals surface area contributed by atoms with Gasteiger partial charge in [0.15, 0.2) is 0 Å². The quantitative estimate of drug-likeness (QED) is 0.360. The van der Waals surface area contributed by atoms with E-state index in [0.717, 1.165) is 0 Å². The van der Waals surface area contributed by atoms with Crippen molar-refractivity contribution in [1.82, 2.24) is 5.43 Å². The molecule has 0 unspecified atom stereocenters. The van der Waals surface area contributed by atoms with Gasteiger partial charge in [-0.3, -0.25) is 4.79 Å². The molecule has 1 amide bonds. The molecule has 3 N–H and O–H groups in total. The van der Waals surface area contributed by atoms with Crippen molar-refractivity contribution in [2.45, 2.75) is 6.92 Å². The van der Waals surface area contributed by atoms with Crippen LogP contribution in [0.3, 0.4) is 0 Å². The summed E-state index contributed by atoms with van der Waals surface area (Å²) >= 11 is 0. The van der Waals surface area contributed by atoms with Crippen molar-refractivity contribution in [2.24, 2.45) is 10.8 Å². The first kappa shape index (κ1) is 6.94. The largest absolute Gasteiger partial charge is 0.365 e. The van der Waals surface area contributed by atoms with Crippen LogP contribution in [0.5, 0.6) is 0 Å². The Morgan fingerprint density at radius 3 is 2.38 bits per heavy atom. The molecule has 46 valence electrons. The van der Waals surface area contributed by atoms with Crippen LogP contribution in [0.4, 0.5) is 0 Å². The van der Waals surface area contributed by atoms with E-state index in [-0.39, 0.29) is 5.71 Å². The maximum absolute atomic E-state index is 10.1. The molecule has 0 rings (SSSR count). The number of hydrazone groups is 1. The summed E-state index contributed by atoms with van der Waals surface area (Å²) in [6.07, 6.45) is 0. The molecule has 0 aromatic heterocycles. The molecular formula is C4H9N3O. The highest BCUT2D eigenvalue weighted by Crippen LogP contribution is 1.67. The fourth-order valence-corrected chi connectivity index (χ4v) is 0.223. The van der Waals surface area contributed by atoms with Gasteiger partial charge in [0.25, 0.3) is 5.91 Å². The molecule has 0 fully saturated rings. The summed E-state index contributed by atoms with van der Waals surface area (Å²) in [5.41, 5.74) is 7.53. The average molecular weight is 115 g/mol. The van der Waals surface area contributed by atoms with Crippen molar-refractivity contribution < 1.29 is 4.79 Å². The molecule has 0 radical (unpaired) electrons. The van der Waals surface area contributed by atoms with E-state index in [0.29, 0.717) is 0 Å². The lowest BCUT2D eigenvalue weighted by molar-refractivity contribution is -0.112. The molecule has 0 aliphatic heterocycles. The molecule has 0 aliphatic rings. The van der Waals surface area contributed by atoms with E-state index in [4.69, 9.17) is 5.73 Å². The first-order valence-electron chi connectivity index (χ1n) is 2.19. The summed E-state index contributed by atoms with van der Waals surface area (Å²) in [5, 5.41) is 3.52. The van der Waals surface area contributed by atoms with Crippen LogP contribution in [-0.4, -0.2) is 18.7 Å². The highest BCUT2D eigenvalue weighted by Gasteiger charge is 1.94. The number of amides is 1. The molecule has 0 atom stereocenters. The van der Waals surface area contributed by atoms with Crippen molar-refractivity contribution in [2.75, 3.05) is 7.05 Å². The lowest BCUT2D eigenvalue weighted by Gasteiger charge is -1.89. The number of hydrogen-bond donors (Lipinski definition) is 2. The van der Waals surface area contributed by atoms with Crippen LogP contribution in [0.1, 0.15) is 6.92 Å². The van der Waals surface area contributed by atoms with Crippen LogP contribution in [0.25, 0.3) is 0 Å². The van der Waals surface area contributed by atoms with Crippen molar-refractivity contribution >= 4 is 11.6 Å². The second-order valence-corrected chi connectivity index (χ2v) is 1.29. The summed E-state index contributed by atoms with van der Waals surface area (Å²) in [5.74, 6) is -0.501. The molecule has 4 nitrogen and oxygen atoms in total. The molecule has 4 heteroatoms.